The molecule has 0 radical (unpaired) electrons. The third-order valence-corrected chi connectivity index (χ3v) is 4.91. The van der Waals surface area contributed by atoms with Gasteiger partial charge in [-0.05, 0) is 13.0 Å². The van der Waals surface area contributed by atoms with Crippen molar-refractivity contribution in [1.29, 1.82) is 0 Å². The van der Waals surface area contributed by atoms with Crippen LogP contribution in [0, 0.1) is 0 Å². The average molecular weight is 459 g/mol. The van der Waals surface area contributed by atoms with Gasteiger partial charge in [0.15, 0.2) is 0 Å². The fourth-order valence-electron chi connectivity index (χ4n) is 2.22. The zero-order valence-electron chi connectivity index (χ0n) is 16.7. The van der Waals surface area contributed by atoms with Crippen LogP contribution in [0.15, 0.2) is 0 Å². The van der Waals surface area contributed by atoms with Gasteiger partial charge >= 0.3 is 27.6 Å². The topological polar surface area (TPSA) is 89.3 Å². The monoisotopic (exact) mass is 458 g/mol. The number of carbonyl (C=O) groups is 1. The van der Waals surface area contributed by atoms with E-state index in [9.17, 15) is 39.6 Å². The lowest BCUT2D eigenvalue weighted by Crippen LogP contribution is -2.46. The van der Waals surface area contributed by atoms with Gasteiger partial charge in [0.25, 0.3) is 0 Å². The molecule has 0 aromatic rings. The number of carbonyl (C=O) groups excluding carboxylic acids is 1. The lowest BCUT2D eigenvalue weighted by Gasteiger charge is -2.10. The molecule has 12 heteroatoms. The fourth-order valence-corrected chi connectivity index (χ4v) is 2.70. The molecule has 0 spiro atoms. The Morgan fingerprint density at radius 1 is 0.759 bits per heavy atom. The predicted molar refractivity (Wildman–Crippen MR) is 99.3 cm³/mol. The Balaban J connectivity index is 0. The Morgan fingerprint density at radius 2 is 1.10 bits per heavy atom. The molecule has 0 atom stereocenters. The highest BCUT2D eigenvalue weighted by molar-refractivity contribution is 7.90. The minimum absolute atomic E-state index is 0.181. The third-order valence-electron chi connectivity index (χ3n) is 3.85. The molecule has 0 aliphatic carbocycles. The number of hydrogen-bond acceptors (Lipinski definition) is 4. The molecule has 0 bridgehead atoms. The van der Waals surface area contributed by atoms with Crippen molar-refractivity contribution in [3.63, 3.8) is 0 Å². The summed E-state index contributed by atoms with van der Waals surface area (Å²) < 4.78 is 87.9. The summed E-state index contributed by atoms with van der Waals surface area (Å²) in [6.07, 6.45) is 11.2. The number of amides is 1. The molecule has 176 valence electrons. The van der Waals surface area contributed by atoms with Gasteiger partial charge in [0, 0.05) is 0 Å². The summed E-state index contributed by atoms with van der Waals surface area (Å²) in [4.78, 5) is 9.81. The van der Waals surface area contributed by atoms with Crippen LogP contribution in [0.5, 0.6) is 0 Å². The van der Waals surface area contributed by atoms with E-state index in [0.29, 0.717) is 0 Å². The lowest BCUT2D eigenvalue weighted by molar-refractivity contribution is -0.171. The summed E-state index contributed by atoms with van der Waals surface area (Å²) in [6, 6.07) is 0. The van der Waals surface area contributed by atoms with E-state index >= 15 is 0 Å². The Labute approximate surface area is 168 Å². The second kappa shape index (κ2) is 15.8. The van der Waals surface area contributed by atoms with Gasteiger partial charge in [-0.2, -0.15) is 34.8 Å². The summed E-state index contributed by atoms with van der Waals surface area (Å²) in [5.41, 5.74) is -0.515. The van der Waals surface area contributed by atoms with Crippen LogP contribution in [-0.4, -0.2) is 32.6 Å². The van der Waals surface area contributed by atoms with Crippen molar-refractivity contribution in [1.82, 2.24) is 4.72 Å². The molecule has 0 saturated carbocycles. The SMILES string of the molecule is CCCCCCCCCCCCCCN.O=C(NS(=O)(=O)C(F)(F)F)C(F)(F)F. The van der Waals surface area contributed by atoms with Crippen LogP contribution in [-0.2, 0) is 14.8 Å². The molecule has 0 saturated heterocycles. The molecule has 3 N–H and O–H groups in total. The maximum atomic E-state index is 11.4. The molecule has 0 aromatic heterocycles. The Morgan fingerprint density at radius 3 is 1.38 bits per heavy atom. The summed E-state index contributed by atoms with van der Waals surface area (Å²) in [6.45, 7) is 3.15. The van der Waals surface area contributed by atoms with Crippen molar-refractivity contribution >= 4 is 15.9 Å². The van der Waals surface area contributed by atoms with Crippen molar-refractivity contribution in [3.8, 4) is 0 Å². The van der Waals surface area contributed by atoms with Gasteiger partial charge in [0.1, 0.15) is 0 Å². The summed E-state index contributed by atoms with van der Waals surface area (Å²) >= 11 is 0. The van der Waals surface area contributed by atoms with Gasteiger partial charge in [-0.3, -0.25) is 4.79 Å². The van der Waals surface area contributed by atoms with Crippen molar-refractivity contribution < 1.29 is 39.6 Å². The number of unbranched alkanes of at least 4 members (excludes halogenated alkanes) is 11. The molecular weight excluding hydrogens is 426 g/mol. The van der Waals surface area contributed by atoms with Crippen LogP contribution in [0.2, 0.25) is 0 Å². The number of rotatable bonds is 13. The van der Waals surface area contributed by atoms with Crippen LogP contribution >= 0.6 is 0 Å². The molecule has 0 fully saturated rings. The van der Waals surface area contributed by atoms with E-state index < -0.39 is 27.6 Å². The molecule has 0 unspecified atom stereocenters. The lowest BCUT2D eigenvalue weighted by atomic mass is 10.1. The van der Waals surface area contributed by atoms with Gasteiger partial charge in [0.2, 0.25) is 0 Å². The molecule has 0 rings (SSSR count). The third kappa shape index (κ3) is 17.5. The normalized spacial score (nSPS) is 12.3. The largest absolute Gasteiger partial charge is 0.516 e. The van der Waals surface area contributed by atoms with E-state index in [4.69, 9.17) is 5.73 Å². The molecule has 0 aliphatic heterocycles. The minimum Gasteiger partial charge on any atom is -0.330 e. The highest BCUT2D eigenvalue weighted by Gasteiger charge is 2.51. The molecule has 0 aromatic carbocycles. The van der Waals surface area contributed by atoms with E-state index in [1.54, 1.807) is 0 Å². The summed E-state index contributed by atoms with van der Waals surface area (Å²) in [7, 11) is -6.30. The van der Waals surface area contributed by atoms with Crippen molar-refractivity contribution in [3.05, 3.63) is 0 Å². The molecule has 0 aliphatic rings. The number of sulfonamides is 1. The van der Waals surface area contributed by atoms with Crippen molar-refractivity contribution in [2.45, 2.75) is 95.7 Å². The fraction of sp³-hybridized carbons (Fsp3) is 0.941. The van der Waals surface area contributed by atoms with Gasteiger partial charge < -0.3 is 5.73 Å². The van der Waals surface area contributed by atoms with E-state index in [-0.39, 0.29) is 4.72 Å². The number of halogens is 6. The highest BCUT2D eigenvalue weighted by atomic mass is 32.2. The molecule has 0 heterocycles. The summed E-state index contributed by atoms with van der Waals surface area (Å²) in [5.74, 6) is -3.20. The maximum Gasteiger partial charge on any atom is 0.516 e. The molecular formula is C17H32F6N2O3S. The first kappa shape index (κ1) is 30.2. The first-order valence-electron chi connectivity index (χ1n) is 9.69. The van der Waals surface area contributed by atoms with E-state index in [0.717, 1.165) is 6.54 Å². The van der Waals surface area contributed by atoms with Gasteiger partial charge in [-0.25, -0.2) is 4.72 Å². The average Bonchev–Trinajstić information content (AvgIpc) is 2.58. The molecule has 1 amide bonds. The Kier molecular flexibility index (Phi) is 16.4. The molecule has 5 nitrogen and oxygen atoms in total. The van der Waals surface area contributed by atoms with E-state index in [2.05, 4.69) is 6.92 Å². The van der Waals surface area contributed by atoms with Crippen LogP contribution < -0.4 is 10.5 Å². The first-order chi connectivity index (χ1) is 13.3. The van der Waals surface area contributed by atoms with E-state index in [1.165, 1.54) is 77.0 Å². The Hall–Kier alpha value is -1.04. The quantitative estimate of drug-likeness (QED) is 0.295. The summed E-state index contributed by atoms with van der Waals surface area (Å²) in [5, 5.41) is 0. The maximum absolute atomic E-state index is 11.4. The van der Waals surface area contributed by atoms with Crippen molar-refractivity contribution in [2.75, 3.05) is 6.54 Å². The van der Waals surface area contributed by atoms with Gasteiger partial charge in [-0.15, -0.1) is 0 Å². The van der Waals surface area contributed by atoms with Crippen LogP contribution in [0.1, 0.15) is 84.0 Å². The van der Waals surface area contributed by atoms with Crippen molar-refractivity contribution in [2.24, 2.45) is 5.73 Å². The zero-order valence-corrected chi connectivity index (χ0v) is 17.5. The zero-order chi connectivity index (χ0) is 23.0. The van der Waals surface area contributed by atoms with Gasteiger partial charge in [-0.1, -0.05) is 77.6 Å². The molecule has 29 heavy (non-hydrogen) atoms. The van der Waals surface area contributed by atoms with Crippen LogP contribution in [0.3, 0.4) is 0 Å². The first-order valence-corrected chi connectivity index (χ1v) is 11.2. The van der Waals surface area contributed by atoms with Gasteiger partial charge in [0.05, 0.1) is 0 Å². The van der Waals surface area contributed by atoms with Crippen LogP contribution in [0.4, 0.5) is 26.3 Å². The number of alkyl halides is 6. The highest BCUT2D eigenvalue weighted by Crippen LogP contribution is 2.23. The minimum atomic E-state index is -6.30. The Bertz CT molecular complexity index is 510. The second-order valence-electron chi connectivity index (χ2n) is 6.56. The number of hydrogen-bond donors (Lipinski definition) is 2. The smallest absolute Gasteiger partial charge is 0.330 e. The second-order valence-corrected chi connectivity index (χ2v) is 8.23. The number of nitrogens with one attached hydrogen (secondary N) is 1. The van der Waals surface area contributed by atoms with Crippen LogP contribution in [0.25, 0.3) is 0 Å². The van der Waals surface area contributed by atoms with E-state index in [1.807, 2.05) is 0 Å². The standard InChI is InChI=1S/C14H31N.C3HF6NO3S/c1-2-3-4-5-6-7-8-9-10-11-12-13-14-15;4-2(5,6)1(11)10-14(12,13)3(7,8)9/h2-15H2,1H3;(H,10,11). The predicted octanol–water partition coefficient (Wildman–Crippen LogP) is 5.16. The number of nitrogens with two attached hydrogens (primary N) is 1.